The Morgan fingerprint density at radius 3 is 3.00 bits per heavy atom. The Hall–Kier alpha value is -1.20. The number of aryl methyl sites for hydroxylation is 1. The van der Waals surface area contributed by atoms with Crippen LogP contribution in [0.2, 0.25) is 0 Å². The van der Waals surface area contributed by atoms with Crippen molar-refractivity contribution in [3.63, 3.8) is 0 Å². The highest BCUT2D eigenvalue weighted by molar-refractivity contribution is 9.10. The van der Waals surface area contributed by atoms with Gasteiger partial charge in [-0.25, -0.2) is 4.98 Å². The number of hydrogen-bond donors (Lipinski definition) is 0. The molecule has 2 aromatic rings. The highest BCUT2D eigenvalue weighted by atomic mass is 79.9. The summed E-state index contributed by atoms with van der Waals surface area (Å²) in [5, 5.41) is 3.08. The molecule has 94 valence electrons. The lowest BCUT2D eigenvalue weighted by molar-refractivity contribution is 0.111. The zero-order valence-corrected chi connectivity index (χ0v) is 12.3. The maximum atomic E-state index is 10.9. The van der Waals surface area contributed by atoms with Gasteiger partial charge in [-0.2, -0.15) is 0 Å². The summed E-state index contributed by atoms with van der Waals surface area (Å²) in [4.78, 5) is 15.3. The predicted octanol–water partition coefficient (Wildman–Crippen LogP) is 3.86. The minimum absolute atomic E-state index is 0.375. The summed E-state index contributed by atoms with van der Waals surface area (Å²) in [5.41, 5.74) is 1.43. The number of benzene rings is 1. The molecular weight excluding hydrogens is 314 g/mol. The van der Waals surface area contributed by atoms with Crippen LogP contribution >= 0.6 is 27.3 Å². The average molecular weight is 326 g/mol. The molecule has 2 rings (SSSR count). The van der Waals surface area contributed by atoms with E-state index in [4.69, 9.17) is 4.74 Å². The highest BCUT2D eigenvalue weighted by Crippen LogP contribution is 2.28. The molecule has 0 aliphatic rings. The van der Waals surface area contributed by atoms with Gasteiger partial charge in [-0.3, -0.25) is 4.79 Å². The SMILES string of the molecule is CCc1nc(COc2c(Br)cccc2C=O)cs1. The number of thiazole rings is 1. The van der Waals surface area contributed by atoms with Crippen molar-refractivity contribution in [1.29, 1.82) is 0 Å². The number of nitrogens with zero attached hydrogens (tertiary/aromatic N) is 1. The molecule has 0 atom stereocenters. The van der Waals surface area contributed by atoms with Crippen molar-refractivity contribution in [2.45, 2.75) is 20.0 Å². The molecule has 5 heteroatoms. The van der Waals surface area contributed by atoms with E-state index in [0.717, 1.165) is 27.9 Å². The summed E-state index contributed by atoms with van der Waals surface area (Å²) < 4.78 is 6.44. The number of carbonyl (C=O) groups is 1. The lowest BCUT2D eigenvalue weighted by Gasteiger charge is -2.08. The monoisotopic (exact) mass is 325 g/mol. The van der Waals surface area contributed by atoms with Crippen LogP contribution in [0.15, 0.2) is 28.1 Å². The van der Waals surface area contributed by atoms with Crippen molar-refractivity contribution in [1.82, 2.24) is 4.98 Å². The third kappa shape index (κ3) is 2.97. The van der Waals surface area contributed by atoms with E-state index in [1.807, 2.05) is 11.4 Å². The van der Waals surface area contributed by atoms with E-state index in [1.54, 1.807) is 23.5 Å². The van der Waals surface area contributed by atoms with E-state index in [-0.39, 0.29) is 0 Å². The Bertz CT molecular complexity index is 554. The van der Waals surface area contributed by atoms with Crippen LogP contribution in [0.25, 0.3) is 0 Å². The van der Waals surface area contributed by atoms with Gasteiger partial charge in [-0.05, 0) is 34.5 Å². The number of carbonyl (C=O) groups excluding carboxylic acids is 1. The predicted molar refractivity (Wildman–Crippen MR) is 75.4 cm³/mol. The zero-order chi connectivity index (χ0) is 13.0. The highest BCUT2D eigenvalue weighted by Gasteiger charge is 2.08. The lowest BCUT2D eigenvalue weighted by atomic mass is 10.2. The number of para-hydroxylation sites is 1. The first-order chi connectivity index (χ1) is 8.74. The van der Waals surface area contributed by atoms with Crippen LogP contribution in [0.5, 0.6) is 5.75 Å². The number of rotatable bonds is 5. The fourth-order valence-electron chi connectivity index (χ4n) is 1.49. The van der Waals surface area contributed by atoms with Crippen molar-refractivity contribution < 1.29 is 9.53 Å². The van der Waals surface area contributed by atoms with Crippen LogP contribution < -0.4 is 4.74 Å². The van der Waals surface area contributed by atoms with Crippen molar-refractivity contribution in [3.8, 4) is 5.75 Å². The number of ether oxygens (including phenoxy) is 1. The van der Waals surface area contributed by atoms with Gasteiger partial charge < -0.3 is 4.74 Å². The molecule has 0 aliphatic heterocycles. The molecule has 0 unspecified atom stereocenters. The molecule has 0 saturated heterocycles. The van der Waals surface area contributed by atoms with E-state index in [0.29, 0.717) is 17.9 Å². The molecule has 0 fully saturated rings. The third-order valence-corrected chi connectivity index (χ3v) is 4.06. The van der Waals surface area contributed by atoms with Crippen LogP contribution in [0.3, 0.4) is 0 Å². The second kappa shape index (κ2) is 6.11. The van der Waals surface area contributed by atoms with Crippen LogP contribution in [0.4, 0.5) is 0 Å². The molecule has 0 spiro atoms. The van der Waals surface area contributed by atoms with E-state index in [1.165, 1.54) is 0 Å². The topological polar surface area (TPSA) is 39.2 Å². The zero-order valence-electron chi connectivity index (χ0n) is 9.85. The number of halogens is 1. The Kier molecular flexibility index (Phi) is 4.49. The smallest absolute Gasteiger partial charge is 0.153 e. The van der Waals surface area contributed by atoms with Gasteiger partial charge in [-0.15, -0.1) is 11.3 Å². The van der Waals surface area contributed by atoms with Crippen molar-refractivity contribution in [2.75, 3.05) is 0 Å². The largest absolute Gasteiger partial charge is 0.485 e. The second-order valence-electron chi connectivity index (χ2n) is 3.65. The molecule has 3 nitrogen and oxygen atoms in total. The summed E-state index contributed by atoms with van der Waals surface area (Å²) in [6.07, 6.45) is 1.72. The second-order valence-corrected chi connectivity index (χ2v) is 5.45. The Morgan fingerprint density at radius 2 is 2.33 bits per heavy atom. The number of hydrogen-bond acceptors (Lipinski definition) is 4. The van der Waals surface area contributed by atoms with Gasteiger partial charge in [0.15, 0.2) is 6.29 Å². The molecule has 0 radical (unpaired) electrons. The third-order valence-electron chi connectivity index (χ3n) is 2.39. The Morgan fingerprint density at radius 1 is 1.50 bits per heavy atom. The molecule has 1 aromatic carbocycles. The van der Waals surface area contributed by atoms with E-state index in [2.05, 4.69) is 27.8 Å². The van der Waals surface area contributed by atoms with Crippen LogP contribution in [-0.2, 0) is 13.0 Å². The molecule has 0 saturated carbocycles. The van der Waals surface area contributed by atoms with E-state index in [9.17, 15) is 4.79 Å². The van der Waals surface area contributed by atoms with E-state index >= 15 is 0 Å². The maximum Gasteiger partial charge on any atom is 0.153 e. The first-order valence-corrected chi connectivity index (χ1v) is 7.21. The van der Waals surface area contributed by atoms with Gasteiger partial charge in [0, 0.05) is 5.38 Å². The Labute approximate surface area is 118 Å². The van der Waals surface area contributed by atoms with Crippen LogP contribution in [0, 0.1) is 0 Å². The van der Waals surface area contributed by atoms with Gasteiger partial charge >= 0.3 is 0 Å². The van der Waals surface area contributed by atoms with Gasteiger partial charge in [0.05, 0.1) is 20.7 Å². The van der Waals surface area contributed by atoms with Gasteiger partial charge in [-0.1, -0.05) is 13.0 Å². The van der Waals surface area contributed by atoms with E-state index < -0.39 is 0 Å². The fourth-order valence-corrected chi connectivity index (χ4v) is 2.72. The average Bonchev–Trinajstić information content (AvgIpc) is 2.85. The van der Waals surface area contributed by atoms with Crippen molar-refractivity contribution in [3.05, 3.63) is 44.3 Å². The van der Waals surface area contributed by atoms with Gasteiger partial charge in [0.1, 0.15) is 12.4 Å². The summed E-state index contributed by atoms with van der Waals surface area (Å²) in [7, 11) is 0. The standard InChI is InChI=1S/C13H12BrNO2S/c1-2-12-15-10(8-18-12)7-17-13-9(6-16)4-3-5-11(13)14/h3-6,8H,2,7H2,1H3. The molecule has 0 amide bonds. The molecule has 0 aliphatic carbocycles. The molecule has 18 heavy (non-hydrogen) atoms. The van der Waals surface area contributed by atoms with Gasteiger partial charge in [0.2, 0.25) is 0 Å². The molecule has 1 aromatic heterocycles. The minimum atomic E-state index is 0.375. The van der Waals surface area contributed by atoms with Crippen LogP contribution in [-0.4, -0.2) is 11.3 Å². The Balaban J connectivity index is 2.12. The molecule has 1 heterocycles. The van der Waals surface area contributed by atoms with Crippen molar-refractivity contribution in [2.24, 2.45) is 0 Å². The first kappa shape index (κ1) is 13.2. The summed E-state index contributed by atoms with van der Waals surface area (Å²) >= 11 is 5.01. The fraction of sp³-hybridized carbons (Fsp3) is 0.231. The van der Waals surface area contributed by atoms with Crippen molar-refractivity contribution >= 4 is 33.6 Å². The maximum absolute atomic E-state index is 10.9. The summed E-state index contributed by atoms with van der Waals surface area (Å²) in [6.45, 7) is 2.45. The minimum Gasteiger partial charge on any atom is -0.485 e. The van der Waals surface area contributed by atoms with Crippen LogP contribution in [0.1, 0.15) is 28.0 Å². The lowest BCUT2D eigenvalue weighted by Crippen LogP contribution is -1.99. The summed E-state index contributed by atoms with van der Waals surface area (Å²) in [5.74, 6) is 0.568. The normalized spacial score (nSPS) is 10.3. The first-order valence-electron chi connectivity index (χ1n) is 5.54. The summed E-state index contributed by atoms with van der Waals surface area (Å²) in [6, 6.07) is 5.38. The molecule has 0 N–H and O–H groups in total. The quantitative estimate of drug-likeness (QED) is 0.783. The number of aldehydes is 1. The number of aromatic nitrogens is 1. The molecule has 0 bridgehead atoms. The van der Waals surface area contributed by atoms with Gasteiger partial charge in [0.25, 0.3) is 0 Å². The molecular formula is C13H12BrNO2S.